The quantitative estimate of drug-likeness (QED) is 0.747. The van der Waals surface area contributed by atoms with E-state index in [0.717, 1.165) is 31.9 Å². The Labute approximate surface area is 163 Å². The summed E-state index contributed by atoms with van der Waals surface area (Å²) in [6.07, 6.45) is 4.34. The van der Waals surface area contributed by atoms with Gasteiger partial charge in [0.1, 0.15) is 0 Å². The second kappa shape index (κ2) is 7.59. The number of fused-ring (bicyclic) bond motifs is 1. The van der Waals surface area contributed by atoms with Gasteiger partial charge < -0.3 is 5.32 Å². The van der Waals surface area contributed by atoms with E-state index >= 15 is 0 Å². The summed E-state index contributed by atoms with van der Waals surface area (Å²) < 4.78 is 23.3. The normalized spacial score (nSPS) is 22.7. The van der Waals surface area contributed by atoms with E-state index in [9.17, 15) is 22.8 Å². The van der Waals surface area contributed by atoms with Gasteiger partial charge in [-0.25, -0.2) is 8.42 Å². The van der Waals surface area contributed by atoms with Gasteiger partial charge in [0, 0.05) is 19.2 Å². The van der Waals surface area contributed by atoms with Crippen LogP contribution < -0.4 is 5.32 Å². The van der Waals surface area contributed by atoms with Gasteiger partial charge in [-0.15, -0.1) is 0 Å². The van der Waals surface area contributed by atoms with Crippen LogP contribution in [0.2, 0.25) is 5.02 Å². The maximum absolute atomic E-state index is 12.4. The van der Waals surface area contributed by atoms with Crippen molar-refractivity contribution < 1.29 is 22.8 Å². The van der Waals surface area contributed by atoms with Crippen molar-refractivity contribution >= 4 is 44.8 Å². The molecule has 2 atom stereocenters. The molecule has 1 aromatic carbocycles. The van der Waals surface area contributed by atoms with Gasteiger partial charge in [0.15, 0.2) is 9.84 Å². The summed E-state index contributed by atoms with van der Waals surface area (Å²) in [5, 5.41) is 2.76. The average molecular weight is 413 g/mol. The molecular formula is C18H21ClN2O5S. The lowest BCUT2D eigenvalue weighted by Crippen LogP contribution is -2.34. The molecule has 1 saturated heterocycles. The first-order valence-corrected chi connectivity index (χ1v) is 11.1. The number of imide groups is 1. The van der Waals surface area contributed by atoms with Crippen molar-refractivity contribution in [1.82, 2.24) is 4.90 Å². The van der Waals surface area contributed by atoms with Gasteiger partial charge in [0.2, 0.25) is 17.7 Å². The standard InChI is InChI=1S/C18H21ClN2O5S/c1-27(25,26)11-6-7-14(19)15(10-11)20-16(22)8-9-21-17(23)12-4-2-3-5-13(12)18(21)24/h6-7,10,12-13H,2-5,8-9H2,1H3,(H,20,22)/t12-,13-/m1/s1. The van der Waals surface area contributed by atoms with Gasteiger partial charge in [-0.05, 0) is 31.0 Å². The first kappa shape index (κ1) is 19.8. The third-order valence-corrected chi connectivity index (χ3v) is 6.57. The van der Waals surface area contributed by atoms with Gasteiger partial charge in [-0.3, -0.25) is 19.3 Å². The van der Waals surface area contributed by atoms with E-state index in [4.69, 9.17) is 11.6 Å². The summed E-state index contributed by atoms with van der Waals surface area (Å²) in [6.45, 7) is 0.0138. The second-order valence-corrected chi connectivity index (χ2v) is 9.46. The zero-order chi connectivity index (χ0) is 19.8. The summed E-state index contributed by atoms with van der Waals surface area (Å²) in [6, 6.07) is 4.04. The molecule has 1 aliphatic heterocycles. The minimum atomic E-state index is -3.44. The number of nitrogens with one attached hydrogen (secondary N) is 1. The highest BCUT2D eigenvalue weighted by molar-refractivity contribution is 7.90. The van der Waals surface area contributed by atoms with Crippen LogP contribution in [-0.2, 0) is 24.2 Å². The molecule has 2 fully saturated rings. The Balaban J connectivity index is 1.64. The molecule has 3 rings (SSSR count). The predicted molar refractivity (Wildman–Crippen MR) is 100.0 cm³/mol. The van der Waals surface area contributed by atoms with Crippen LogP contribution in [0.3, 0.4) is 0 Å². The summed E-state index contributed by atoms with van der Waals surface area (Å²) in [5.41, 5.74) is 0.178. The van der Waals surface area contributed by atoms with E-state index in [2.05, 4.69) is 5.32 Å². The number of benzene rings is 1. The van der Waals surface area contributed by atoms with E-state index in [1.165, 1.54) is 23.1 Å². The number of sulfone groups is 1. The van der Waals surface area contributed by atoms with Crippen LogP contribution in [0, 0.1) is 11.8 Å². The van der Waals surface area contributed by atoms with E-state index < -0.39 is 15.7 Å². The number of carbonyl (C=O) groups excluding carboxylic acids is 3. The van der Waals surface area contributed by atoms with Crippen LogP contribution in [0.1, 0.15) is 32.1 Å². The van der Waals surface area contributed by atoms with E-state index in [-0.39, 0.29) is 52.2 Å². The van der Waals surface area contributed by atoms with Crippen molar-refractivity contribution in [3.63, 3.8) is 0 Å². The third kappa shape index (κ3) is 4.16. The van der Waals surface area contributed by atoms with Crippen molar-refractivity contribution in [2.24, 2.45) is 11.8 Å². The summed E-state index contributed by atoms with van der Waals surface area (Å²) in [4.78, 5) is 38.3. The van der Waals surface area contributed by atoms with Crippen LogP contribution in [0.5, 0.6) is 0 Å². The molecule has 1 aliphatic carbocycles. The lowest BCUT2D eigenvalue weighted by molar-refractivity contribution is -0.140. The lowest BCUT2D eigenvalue weighted by atomic mass is 9.81. The summed E-state index contributed by atoms with van der Waals surface area (Å²) in [7, 11) is -3.44. The Bertz CT molecular complexity index is 875. The Hall–Kier alpha value is -1.93. The number of hydrogen-bond donors (Lipinski definition) is 1. The topological polar surface area (TPSA) is 101 Å². The van der Waals surface area contributed by atoms with Gasteiger partial charge >= 0.3 is 0 Å². The highest BCUT2D eigenvalue weighted by atomic mass is 35.5. The minimum Gasteiger partial charge on any atom is -0.325 e. The molecular weight excluding hydrogens is 392 g/mol. The Morgan fingerprint density at radius 1 is 1.19 bits per heavy atom. The number of anilines is 1. The fraction of sp³-hybridized carbons (Fsp3) is 0.500. The molecule has 0 spiro atoms. The van der Waals surface area contributed by atoms with E-state index in [1.807, 2.05) is 0 Å². The van der Waals surface area contributed by atoms with Crippen LogP contribution in [-0.4, -0.2) is 43.8 Å². The zero-order valence-corrected chi connectivity index (χ0v) is 16.5. The van der Waals surface area contributed by atoms with Crippen molar-refractivity contribution in [2.45, 2.75) is 37.0 Å². The first-order chi connectivity index (χ1) is 12.7. The minimum absolute atomic E-state index is 0.0138. The predicted octanol–water partition coefficient (Wildman–Crippen LogP) is 2.25. The van der Waals surface area contributed by atoms with Crippen LogP contribution in [0.4, 0.5) is 5.69 Å². The van der Waals surface area contributed by atoms with Crippen LogP contribution in [0.15, 0.2) is 23.1 Å². The molecule has 7 nitrogen and oxygen atoms in total. The van der Waals surface area contributed by atoms with Gasteiger partial charge in [-0.2, -0.15) is 0 Å². The number of nitrogens with zero attached hydrogens (tertiary/aromatic N) is 1. The molecule has 27 heavy (non-hydrogen) atoms. The van der Waals surface area contributed by atoms with Gasteiger partial charge in [0.25, 0.3) is 0 Å². The van der Waals surface area contributed by atoms with Crippen molar-refractivity contribution in [2.75, 3.05) is 18.1 Å². The molecule has 2 aliphatic rings. The molecule has 1 heterocycles. The molecule has 0 radical (unpaired) electrons. The molecule has 1 aromatic rings. The Morgan fingerprint density at radius 2 is 1.78 bits per heavy atom. The van der Waals surface area contributed by atoms with Crippen molar-refractivity contribution in [3.8, 4) is 0 Å². The highest BCUT2D eigenvalue weighted by Gasteiger charge is 2.47. The molecule has 3 amide bonds. The summed E-state index contributed by atoms with van der Waals surface area (Å²) in [5.74, 6) is -1.30. The fourth-order valence-electron chi connectivity index (χ4n) is 3.71. The van der Waals surface area contributed by atoms with E-state index in [0.29, 0.717) is 0 Å². The van der Waals surface area contributed by atoms with Gasteiger partial charge in [-0.1, -0.05) is 24.4 Å². The number of hydrogen-bond acceptors (Lipinski definition) is 5. The monoisotopic (exact) mass is 412 g/mol. The SMILES string of the molecule is CS(=O)(=O)c1ccc(Cl)c(NC(=O)CCN2C(=O)[C@@H]3CCCC[C@H]3C2=O)c1. The maximum Gasteiger partial charge on any atom is 0.233 e. The highest BCUT2D eigenvalue weighted by Crippen LogP contribution is 2.38. The van der Waals surface area contributed by atoms with Crippen molar-refractivity contribution in [3.05, 3.63) is 23.2 Å². The molecule has 1 saturated carbocycles. The molecule has 0 aromatic heterocycles. The largest absolute Gasteiger partial charge is 0.325 e. The van der Waals surface area contributed by atoms with Crippen LogP contribution in [0.25, 0.3) is 0 Å². The Kier molecular flexibility index (Phi) is 5.58. The van der Waals surface area contributed by atoms with Crippen LogP contribution >= 0.6 is 11.6 Å². The zero-order valence-electron chi connectivity index (χ0n) is 14.9. The van der Waals surface area contributed by atoms with Gasteiger partial charge in [0.05, 0.1) is 27.4 Å². The lowest BCUT2D eigenvalue weighted by Gasteiger charge is -2.19. The number of halogens is 1. The third-order valence-electron chi connectivity index (χ3n) is 5.13. The molecule has 9 heteroatoms. The molecule has 0 unspecified atom stereocenters. The molecule has 1 N–H and O–H groups in total. The van der Waals surface area contributed by atoms with Crippen molar-refractivity contribution in [1.29, 1.82) is 0 Å². The fourth-order valence-corrected chi connectivity index (χ4v) is 4.52. The summed E-state index contributed by atoms with van der Waals surface area (Å²) >= 11 is 6.02. The Morgan fingerprint density at radius 3 is 2.33 bits per heavy atom. The van der Waals surface area contributed by atoms with E-state index in [1.54, 1.807) is 0 Å². The maximum atomic E-state index is 12.4. The molecule has 0 bridgehead atoms. The number of rotatable bonds is 5. The first-order valence-electron chi connectivity index (χ1n) is 8.83. The second-order valence-electron chi connectivity index (χ2n) is 7.04. The smallest absolute Gasteiger partial charge is 0.233 e. The number of carbonyl (C=O) groups is 3. The average Bonchev–Trinajstić information content (AvgIpc) is 2.85. The molecule has 146 valence electrons. The number of amides is 3. The number of likely N-dealkylation sites (tertiary alicyclic amines) is 1.